The lowest BCUT2D eigenvalue weighted by Gasteiger charge is -2.13. The van der Waals surface area contributed by atoms with Crippen molar-refractivity contribution < 1.29 is 0 Å². The maximum absolute atomic E-state index is 8.75. The van der Waals surface area contributed by atoms with Gasteiger partial charge in [0.15, 0.2) is 4.96 Å². The van der Waals surface area contributed by atoms with Crippen molar-refractivity contribution in [1.29, 1.82) is 5.26 Å². The number of nitrogens with zero attached hydrogens (tertiary/aromatic N) is 3. The Bertz CT molecular complexity index is 576. The fraction of sp³-hybridized carbons (Fsp3) is 0.538. The fourth-order valence-electron chi connectivity index (χ4n) is 2.03. The van der Waals surface area contributed by atoms with Gasteiger partial charge in [-0.2, -0.15) is 5.26 Å². The van der Waals surface area contributed by atoms with E-state index in [4.69, 9.17) is 5.26 Å². The molecule has 0 aliphatic rings. The summed E-state index contributed by atoms with van der Waals surface area (Å²) >= 11 is 1.71. The van der Waals surface area contributed by atoms with Gasteiger partial charge in [-0.25, -0.2) is 4.98 Å². The van der Waals surface area contributed by atoms with Gasteiger partial charge in [0, 0.05) is 23.7 Å². The zero-order chi connectivity index (χ0) is 13.1. The third-order valence-electron chi connectivity index (χ3n) is 3.13. The van der Waals surface area contributed by atoms with E-state index in [0.717, 1.165) is 23.6 Å². The molecule has 1 N–H and O–H groups in total. The highest BCUT2D eigenvalue weighted by Crippen LogP contribution is 2.20. The zero-order valence-electron chi connectivity index (χ0n) is 11.0. The highest BCUT2D eigenvalue weighted by atomic mass is 32.1. The first-order valence-corrected chi connectivity index (χ1v) is 7.01. The summed E-state index contributed by atoms with van der Waals surface area (Å²) in [5.74, 6) is 0. The number of thiazole rings is 1. The Kier molecular flexibility index (Phi) is 4.00. The number of imidazole rings is 1. The Morgan fingerprint density at radius 2 is 2.33 bits per heavy atom. The van der Waals surface area contributed by atoms with Crippen molar-refractivity contribution in [2.45, 2.75) is 46.2 Å². The van der Waals surface area contributed by atoms with Gasteiger partial charge in [-0.05, 0) is 20.3 Å². The Morgan fingerprint density at radius 3 is 3.00 bits per heavy atom. The summed E-state index contributed by atoms with van der Waals surface area (Å²) in [5, 5.41) is 12.2. The summed E-state index contributed by atoms with van der Waals surface area (Å²) in [6.07, 6.45) is 3.65. The third kappa shape index (κ3) is 2.55. The molecule has 96 valence electrons. The van der Waals surface area contributed by atoms with E-state index >= 15 is 0 Å². The Balaban J connectivity index is 2.15. The molecule has 0 bridgehead atoms. The number of aromatic nitrogens is 2. The summed E-state index contributed by atoms with van der Waals surface area (Å²) in [6, 6.07) is 2.49. The predicted octanol–water partition coefficient (Wildman–Crippen LogP) is 2.79. The zero-order valence-corrected chi connectivity index (χ0v) is 11.8. The van der Waals surface area contributed by atoms with Gasteiger partial charge in [0.25, 0.3) is 0 Å². The summed E-state index contributed by atoms with van der Waals surface area (Å²) in [6.45, 7) is 7.00. The van der Waals surface area contributed by atoms with E-state index in [-0.39, 0.29) is 6.04 Å². The lowest BCUT2D eigenvalue weighted by Crippen LogP contribution is -2.28. The van der Waals surface area contributed by atoms with Crippen LogP contribution in [0.25, 0.3) is 4.96 Å². The van der Waals surface area contributed by atoms with Crippen molar-refractivity contribution in [2.75, 3.05) is 0 Å². The normalized spacial score (nSPS) is 12.8. The first-order valence-electron chi connectivity index (χ1n) is 6.20. The van der Waals surface area contributed by atoms with Crippen LogP contribution in [-0.4, -0.2) is 15.4 Å². The number of rotatable bonds is 5. The third-order valence-corrected chi connectivity index (χ3v) is 4.03. The molecule has 1 unspecified atom stereocenters. The minimum atomic E-state index is 0.264. The van der Waals surface area contributed by atoms with Crippen LogP contribution in [0.5, 0.6) is 0 Å². The second-order valence-corrected chi connectivity index (χ2v) is 5.70. The van der Waals surface area contributed by atoms with E-state index in [9.17, 15) is 0 Å². The van der Waals surface area contributed by atoms with Crippen molar-refractivity contribution in [3.05, 3.63) is 22.5 Å². The van der Waals surface area contributed by atoms with E-state index in [1.54, 1.807) is 11.3 Å². The molecule has 5 heteroatoms. The smallest absolute Gasteiger partial charge is 0.194 e. The average molecular weight is 262 g/mol. The SMILES string of the molecule is CCC(CC#N)NCc1c(C)nc2sc(C)cn12. The van der Waals surface area contributed by atoms with Crippen LogP contribution in [0.3, 0.4) is 0 Å². The van der Waals surface area contributed by atoms with Crippen molar-refractivity contribution in [3.63, 3.8) is 0 Å². The van der Waals surface area contributed by atoms with Gasteiger partial charge in [0.05, 0.1) is 23.9 Å². The summed E-state index contributed by atoms with van der Waals surface area (Å²) in [5.41, 5.74) is 2.27. The van der Waals surface area contributed by atoms with Crippen LogP contribution in [0.4, 0.5) is 0 Å². The van der Waals surface area contributed by atoms with Crippen molar-refractivity contribution in [1.82, 2.24) is 14.7 Å². The van der Waals surface area contributed by atoms with Crippen LogP contribution in [0.1, 0.15) is 36.0 Å². The van der Waals surface area contributed by atoms with Crippen molar-refractivity contribution in [2.24, 2.45) is 0 Å². The fourth-order valence-corrected chi connectivity index (χ4v) is 2.92. The number of nitrogens with one attached hydrogen (secondary N) is 1. The number of fused-ring (bicyclic) bond motifs is 1. The van der Waals surface area contributed by atoms with Crippen LogP contribution in [0.2, 0.25) is 0 Å². The molecule has 0 aliphatic carbocycles. The molecule has 2 heterocycles. The van der Waals surface area contributed by atoms with Crippen LogP contribution in [-0.2, 0) is 6.54 Å². The summed E-state index contributed by atoms with van der Waals surface area (Å²) < 4.78 is 2.15. The van der Waals surface area contributed by atoms with Gasteiger partial charge in [0.2, 0.25) is 0 Å². The maximum atomic E-state index is 8.75. The minimum Gasteiger partial charge on any atom is -0.307 e. The standard InChI is InChI=1S/C13H18N4S/c1-4-11(5-6-14)15-7-12-10(3)16-13-17(12)8-9(2)18-13/h8,11,15H,4-5,7H2,1-3H3. The topological polar surface area (TPSA) is 53.1 Å². The lowest BCUT2D eigenvalue weighted by molar-refractivity contribution is 0.499. The molecule has 0 radical (unpaired) electrons. The molecule has 0 spiro atoms. The first kappa shape index (κ1) is 13.1. The lowest BCUT2D eigenvalue weighted by atomic mass is 10.1. The van der Waals surface area contributed by atoms with Crippen LogP contribution >= 0.6 is 11.3 Å². The highest BCUT2D eigenvalue weighted by Gasteiger charge is 2.12. The molecule has 1 atom stereocenters. The molecular weight excluding hydrogens is 244 g/mol. The van der Waals surface area contributed by atoms with Gasteiger partial charge < -0.3 is 5.32 Å². The van der Waals surface area contributed by atoms with E-state index in [1.807, 2.05) is 6.92 Å². The average Bonchev–Trinajstić information content (AvgIpc) is 2.80. The molecule has 0 amide bonds. The number of hydrogen-bond donors (Lipinski definition) is 1. The van der Waals surface area contributed by atoms with E-state index in [1.165, 1.54) is 10.6 Å². The molecule has 2 aromatic rings. The van der Waals surface area contributed by atoms with Crippen molar-refractivity contribution >= 4 is 16.3 Å². The Morgan fingerprint density at radius 1 is 1.56 bits per heavy atom. The van der Waals surface area contributed by atoms with E-state index in [0.29, 0.717) is 6.42 Å². The largest absolute Gasteiger partial charge is 0.307 e. The monoisotopic (exact) mass is 262 g/mol. The molecule has 2 aromatic heterocycles. The molecule has 0 fully saturated rings. The molecule has 0 aromatic carbocycles. The molecule has 0 saturated carbocycles. The van der Waals surface area contributed by atoms with Gasteiger partial charge >= 0.3 is 0 Å². The highest BCUT2D eigenvalue weighted by molar-refractivity contribution is 7.17. The van der Waals surface area contributed by atoms with E-state index < -0.39 is 0 Å². The summed E-state index contributed by atoms with van der Waals surface area (Å²) in [4.78, 5) is 6.88. The minimum absolute atomic E-state index is 0.264. The molecule has 18 heavy (non-hydrogen) atoms. The molecule has 2 rings (SSSR count). The van der Waals surface area contributed by atoms with Gasteiger partial charge in [-0.3, -0.25) is 4.40 Å². The summed E-state index contributed by atoms with van der Waals surface area (Å²) in [7, 11) is 0. The Labute approximate surface area is 111 Å². The van der Waals surface area contributed by atoms with Crippen molar-refractivity contribution in [3.8, 4) is 6.07 Å². The number of aryl methyl sites for hydroxylation is 2. The number of nitriles is 1. The van der Waals surface area contributed by atoms with Crippen LogP contribution in [0, 0.1) is 25.2 Å². The predicted molar refractivity (Wildman–Crippen MR) is 73.7 cm³/mol. The second-order valence-electron chi connectivity index (χ2n) is 4.49. The van der Waals surface area contributed by atoms with Gasteiger partial charge in [0.1, 0.15) is 0 Å². The molecule has 4 nitrogen and oxygen atoms in total. The number of hydrogen-bond acceptors (Lipinski definition) is 4. The van der Waals surface area contributed by atoms with Gasteiger partial charge in [-0.1, -0.05) is 6.92 Å². The quantitative estimate of drug-likeness (QED) is 0.901. The first-order chi connectivity index (χ1) is 8.65. The van der Waals surface area contributed by atoms with Crippen LogP contribution < -0.4 is 5.32 Å². The second kappa shape index (κ2) is 5.51. The maximum Gasteiger partial charge on any atom is 0.194 e. The Hall–Kier alpha value is -1.38. The van der Waals surface area contributed by atoms with E-state index in [2.05, 4.69) is 40.8 Å². The van der Waals surface area contributed by atoms with Crippen LogP contribution in [0.15, 0.2) is 6.20 Å². The molecule has 0 saturated heterocycles. The van der Waals surface area contributed by atoms with Gasteiger partial charge in [-0.15, -0.1) is 11.3 Å². The molecule has 0 aliphatic heterocycles. The molecular formula is C13H18N4S.